The lowest BCUT2D eigenvalue weighted by Gasteiger charge is -2.33. The van der Waals surface area contributed by atoms with E-state index in [1.165, 1.54) is 0 Å². The number of carbonyl (C=O) groups excluding carboxylic acids is 2. The number of nitrogens with one attached hydrogen (secondary N) is 1. The van der Waals surface area contributed by atoms with E-state index in [1.807, 2.05) is 0 Å². The molecule has 0 heterocycles. The Hall–Kier alpha value is -1.30. The molecule has 0 rings (SSSR count). The summed E-state index contributed by atoms with van der Waals surface area (Å²) in [5.41, 5.74) is 0. The van der Waals surface area contributed by atoms with Gasteiger partial charge in [-0.3, -0.25) is 4.79 Å². The van der Waals surface area contributed by atoms with Crippen molar-refractivity contribution in [3.63, 3.8) is 0 Å². The zero-order valence-electron chi connectivity index (χ0n) is 11.3. The zero-order valence-corrected chi connectivity index (χ0v) is 11.3. The standard InChI is InChI=1S/C11H21NO9/c1-4(14)12-8(5(15)2-6(16)11(20)21)10(19)9(18)7(17)3-13/h5-10,13,15-19H,2-3H2,1H3,(H,12,14)(H,20,21)/p-1/t5-,6+,7+,8+,9+,10+/m0/s1. The van der Waals surface area contributed by atoms with Gasteiger partial charge < -0.3 is 45.9 Å². The predicted octanol–water partition coefficient (Wildman–Crippen LogP) is -5.57. The molecule has 0 saturated heterocycles. The van der Waals surface area contributed by atoms with Crippen LogP contribution in [0.2, 0.25) is 0 Å². The maximum Gasteiger partial charge on any atom is 0.217 e. The smallest absolute Gasteiger partial charge is 0.217 e. The first-order valence-corrected chi connectivity index (χ1v) is 6.11. The van der Waals surface area contributed by atoms with Crippen LogP contribution in [0.15, 0.2) is 0 Å². The van der Waals surface area contributed by atoms with E-state index in [1.54, 1.807) is 0 Å². The Morgan fingerprint density at radius 2 is 1.57 bits per heavy atom. The number of hydrogen-bond donors (Lipinski definition) is 7. The van der Waals surface area contributed by atoms with Gasteiger partial charge in [0.25, 0.3) is 0 Å². The second-order valence-electron chi connectivity index (χ2n) is 4.60. The van der Waals surface area contributed by atoms with E-state index in [0.717, 1.165) is 6.92 Å². The second-order valence-corrected chi connectivity index (χ2v) is 4.60. The highest BCUT2D eigenvalue weighted by Gasteiger charge is 2.36. The third-order valence-electron chi connectivity index (χ3n) is 2.82. The topological polar surface area (TPSA) is 191 Å². The van der Waals surface area contributed by atoms with E-state index in [4.69, 9.17) is 10.2 Å². The van der Waals surface area contributed by atoms with E-state index < -0.39 is 61.5 Å². The number of rotatable bonds is 9. The van der Waals surface area contributed by atoms with Crippen molar-refractivity contribution in [2.45, 2.75) is 49.9 Å². The van der Waals surface area contributed by atoms with E-state index in [9.17, 15) is 35.1 Å². The largest absolute Gasteiger partial charge is 0.547 e. The number of hydrogen-bond acceptors (Lipinski definition) is 9. The summed E-state index contributed by atoms with van der Waals surface area (Å²) in [5.74, 6) is -2.58. The van der Waals surface area contributed by atoms with Crippen LogP contribution < -0.4 is 10.4 Å². The molecule has 0 aliphatic heterocycles. The fourth-order valence-electron chi connectivity index (χ4n) is 1.66. The molecule has 10 nitrogen and oxygen atoms in total. The lowest BCUT2D eigenvalue weighted by molar-refractivity contribution is -0.316. The number of aliphatic hydroxyl groups is 6. The first kappa shape index (κ1) is 19.7. The highest BCUT2D eigenvalue weighted by molar-refractivity contribution is 5.73. The van der Waals surface area contributed by atoms with Gasteiger partial charge in [-0.2, -0.15) is 0 Å². The monoisotopic (exact) mass is 310 g/mol. The number of aliphatic carboxylic acids is 1. The SMILES string of the molecule is CC(=O)N[C@@H]([C@@H](O)[C@H](O)[C@H](O)CO)[C@@H](O)C[C@@H](O)C(=O)[O-]. The zero-order chi connectivity index (χ0) is 16.7. The molecular weight excluding hydrogens is 290 g/mol. The summed E-state index contributed by atoms with van der Waals surface area (Å²) < 4.78 is 0. The fourth-order valence-corrected chi connectivity index (χ4v) is 1.66. The molecule has 6 atom stereocenters. The highest BCUT2D eigenvalue weighted by atomic mass is 16.4. The Balaban J connectivity index is 5.00. The molecule has 0 aromatic carbocycles. The first-order valence-electron chi connectivity index (χ1n) is 6.11. The lowest BCUT2D eigenvalue weighted by atomic mass is 9.93. The number of carboxylic acids is 1. The first-order chi connectivity index (χ1) is 9.61. The molecule has 0 aromatic rings. The molecule has 7 N–H and O–H groups in total. The van der Waals surface area contributed by atoms with Crippen LogP contribution in [-0.4, -0.2) is 85.7 Å². The van der Waals surface area contributed by atoms with Crippen molar-refractivity contribution in [2.75, 3.05) is 6.61 Å². The molecule has 0 saturated carbocycles. The van der Waals surface area contributed by atoms with Crippen molar-refractivity contribution >= 4 is 11.9 Å². The summed E-state index contributed by atoms with van der Waals surface area (Å²) >= 11 is 0. The van der Waals surface area contributed by atoms with Crippen LogP contribution in [-0.2, 0) is 9.59 Å². The molecule has 0 aliphatic rings. The summed E-state index contributed by atoms with van der Waals surface area (Å²) in [5, 5.41) is 68.6. The number of amides is 1. The van der Waals surface area contributed by atoms with Crippen molar-refractivity contribution in [3.8, 4) is 0 Å². The Morgan fingerprint density at radius 3 is 1.95 bits per heavy atom. The van der Waals surface area contributed by atoms with E-state index in [2.05, 4.69) is 5.32 Å². The normalized spacial score (nSPS) is 20.0. The third kappa shape index (κ3) is 6.33. The third-order valence-corrected chi connectivity index (χ3v) is 2.82. The Bertz CT molecular complexity index is 351. The van der Waals surface area contributed by atoms with Gasteiger partial charge in [-0.15, -0.1) is 0 Å². The van der Waals surface area contributed by atoms with Crippen molar-refractivity contribution in [1.82, 2.24) is 5.32 Å². The summed E-state index contributed by atoms with van der Waals surface area (Å²) in [6, 6.07) is -1.58. The Morgan fingerprint density at radius 1 is 1.05 bits per heavy atom. The van der Waals surface area contributed by atoms with Gasteiger partial charge in [0, 0.05) is 13.3 Å². The van der Waals surface area contributed by atoms with Crippen LogP contribution in [0.1, 0.15) is 13.3 Å². The summed E-state index contributed by atoms with van der Waals surface area (Å²) in [4.78, 5) is 21.4. The minimum absolute atomic E-state index is 0.716. The number of carboxylic acid groups (broad SMARTS) is 1. The van der Waals surface area contributed by atoms with Crippen molar-refractivity contribution in [3.05, 3.63) is 0 Å². The van der Waals surface area contributed by atoms with Gasteiger partial charge in [0.15, 0.2) is 0 Å². The average Bonchev–Trinajstić information content (AvgIpc) is 2.41. The van der Waals surface area contributed by atoms with Gasteiger partial charge in [-0.05, 0) is 0 Å². The van der Waals surface area contributed by atoms with Gasteiger partial charge in [-0.25, -0.2) is 0 Å². The summed E-state index contributed by atoms with van der Waals surface area (Å²) in [6.45, 7) is 0.152. The minimum Gasteiger partial charge on any atom is -0.547 e. The molecule has 0 aliphatic carbocycles. The Kier molecular flexibility index (Phi) is 8.32. The molecule has 0 bridgehead atoms. The number of aliphatic hydroxyl groups excluding tert-OH is 6. The molecule has 0 aromatic heterocycles. The number of carbonyl (C=O) groups is 2. The van der Waals surface area contributed by atoms with Crippen LogP contribution in [0.5, 0.6) is 0 Å². The summed E-state index contributed by atoms with van der Waals surface area (Å²) in [7, 11) is 0. The average molecular weight is 310 g/mol. The van der Waals surface area contributed by atoms with Crippen LogP contribution in [0.3, 0.4) is 0 Å². The fraction of sp³-hybridized carbons (Fsp3) is 0.818. The van der Waals surface area contributed by atoms with Gasteiger partial charge in [0.05, 0.1) is 30.8 Å². The maximum absolute atomic E-state index is 11.0. The van der Waals surface area contributed by atoms with Crippen molar-refractivity contribution in [2.24, 2.45) is 0 Å². The second kappa shape index (κ2) is 8.87. The molecule has 10 heteroatoms. The lowest BCUT2D eigenvalue weighted by Crippen LogP contribution is -2.58. The molecule has 0 unspecified atom stereocenters. The van der Waals surface area contributed by atoms with Crippen molar-refractivity contribution in [1.29, 1.82) is 0 Å². The van der Waals surface area contributed by atoms with E-state index >= 15 is 0 Å². The molecule has 1 amide bonds. The van der Waals surface area contributed by atoms with Gasteiger partial charge in [0.2, 0.25) is 5.91 Å². The van der Waals surface area contributed by atoms with Crippen LogP contribution in [0, 0.1) is 0 Å². The van der Waals surface area contributed by atoms with E-state index in [-0.39, 0.29) is 0 Å². The van der Waals surface area contributed by atoms with Crippen LogP contribution >= 0.6 is 0 Å². The molecule has 124 valence electrons. The van der Waals surface area contributed by atoms with Gasteiger partial charge >= 0.3 is 0 Å². The molecular formula is C11H20NO9-. The Labute approximate surface area is 120 Å². The summed E-state index contributed by atoms with van der Waals surface area (Å²) in [6.07, 6.45) is -10.2. The van der Waals surface area contributed by atoms with Crippen LogP contribution in [0.25, 0.3) is 0 Å². The van der Waals surface area contributed by atoms with Crippen molar-refractivity contribution < 1.29 is 45.3 Å². The predicted molar refractivity (Wildman–Crippen MR) is 64.3 cm³/mol. The molecule has 0 fully saturated rings. The maximum atomic E-state index is 11.0. The van der Waals surface area contributed by atoms with Gasteiger partial charge in [0.1, 0.15) is 18.3 Å². The van der Waals surface area contributed by atoms with Crippen LogP contribution in [0.4, 0.5) is 0 Å². The van der Waals surface area contributed by atoms with Gasteiger partial charge in [-0.1, -0.05) is 0 Å². The molecule has 21 heavy (non-hydrogen) atoms. The quantitative estimate of drug-likeness (QED) is 0.217. The van der Waals surface area contributed by atoms with E-state index in [0.29, 0.717) is 0 Å². The molecule has 0 spiro atoms. The minimum atomic E-state index is -2.05. The highest BCUT2D eigenvalue weighted by Crippen LogP contribution is 2.12. The molecule has 0 radical (unpaired) electrons.